The van der Waals surface area contributed by atoms with Crippen molar-refractivity contribution in [3.8, 4) is 0 Å². The zero-order chi connectivity index (χ0) is 16.0. The molecule has 0 aliphatic heterocycles. The van der Waals surface area contributed by atoms with Crippen LogP contribution in [-0.4, -0.2) is 13.0 Å². The van der Waals surface area contributed by atoms with E-state index >= 15 is 0 Å². The lowest BCUT2D eigenvalue weighted by molar-refractivity contribution is -0.585. The van der Waals surface area contributed by atoms with E-state index in [1.54, 1.807) is 17.9 Å². The first kappa shape index (κ1) is 17.6. The van der Waals surface area contributed by atoms with Crippen LogP contribution in [-0.2, 0) is 10.1 Å². The van der Waals surface area contributed by atoms with Gasteiger partial charge in [-0.25, -0.2) is 8.42 Å². The minimum atomic E-state index is -4.27. The van der Waals surface area contributed by atoms with Crippen LogP contribution in [0.1, 0.15) is 5.56 Å². The Hall–Kier alpha value is -0.740. The highest BCUT2D eigenvalue weighted by molar-refractivity contribution is 7.85. The molecule has 7 heteroatoms. The minimum absolute atomic E-state index is 0.141. The van der Waals surface area contributed by atoms with E-state index in [-0.39, 0.29) is 26.1 Å². The standard InChI is InChI=1S/C8H6IS2.C7H8O3S/c1-3-7(10-5-1)9-8-4-2-6-11-8;1-6-2-4-7(5-3-6)11(8,9)10/h1-6H;2-5H,1H3,(H,8,9,10)/q+1;/p-1. The Morgan fingerprint density at radius 1 is 0.909 bits per heavy atom. The lowest BCUT2D eigenvalue weighted by Gasteiger charge is -2.05. The number of rotatable bonds is 3. The smallest absolute Gasteiger partial charge is 0.381 e. The second-order valence-electron chi connectivity index (χ2n) is 4.20. The maximum absolute atomic E-state index is 10.4. The van der Waals surface area contributed by atoms with Crippen molar-refractivity contribution in [3.05, 3.63) is 70.6 Å². The molecule has 116 valence electrons. The van der Waals surface area contributed by atoms with Gasteiger partial charge in [-0.05, 0) is 41.9 Å². The van der Waals surface area contributed by atoms with E-state index in [1.165, 1.54) is 12.1 Å². The zero-order valence-corrected chi connectivity index (χ0v) is 16.2. The van der Waals surface area contributed by atoms with Crippen LogP contribution in [0.25, 0.3) is 0 Å². The van der Waals surface area contributed by atoms with E-state index in [9.17, 15) is 13.0 Å². The summed E-state index contributed by atoms with van der Waals surface area (Å²) in [4.78, 5) is -0.178. The molecular weight excluding hydrogens is 451 g/mol. The Balaban J connectivity index is 0.000000160. The lowest BCUT2D eigenvalue weighted by atomic mass is 10.2. The molecule has 1 aromatic carbocycles. The molecule has 0 N–H and O–H groups in total. The Labute approximate surface area is 148 Å². The van der Waals surface area contributed by atoms with Crippen molar-refractivity contribution in [2.75, 3.05) is 0 Å². The van der Waals surface area contributed by atoms with Gasteiger partial charge >= 0.3 is 21.2 Å². The summed E-state index contributed by atoms with van der Waals surface area (Å²) in [6.45, 7) is 1.82. The Bertz CT molecular complexity index is 745. The van der Waals surface area contributed by atoms with Crippen molar-refractivity contribution in [1.29, 1.82) is 0 Å². The third-order valence-electron chi connectivity index (χ3n) is 2.47. The van der Waals surface area contributed by atoms with Crippen LogP contribution in [0.4, 0.5) is 0 Å². The second-order valence-corrected chi connectivity index (χ2v) is 11.8. The fourth-order valence-electron chi connectivity index (χ4n) is 1.42. The number of aryl methyl sites for hydroxylation is 1. The van der Waals surface area contributed by atoms with Crippen molar-refractivity contribution in [3.63, 3.8) is 0 Å². The van der Waals surface area contributed by atoms with E-state index in [0.29, 0.717) is 0 Å². The minimum Gasteiger partial charge on any atom is -0.744 e. The third kappa shape index (κ3) is 5.81. The summed E-state index contributed by atoms with van der Waals surface area (Å²) in [6, 6.07) is 14.5. The molecule has 0 bridgehead atoms. The summed E-state index contributed by atoms with van der Waals surface area (Å²) in [6.07, 6.45) is 0. The molecule has 0 fully saturated rings. The number of hydrogen-bond acceptors (Lipinski definition) is 5. The second kappa shape index (κ2) is 8.21. The maximum atomic E-state index is 10.4. The predicted octanol–water partition coefficient (Wildman–Crippen LogP) is 0.837. The molecule has 0 saturated carbocycles. The van der Waals surface area contributed by atoms with Crippen LogP contribution in [0.15, 0.2) is 64.2 Å². The van der Waals surface area contributed by atoms with E-state index in [0.717, 1.165) is 5.56 Å². The van der Waals surface area contributed by atoms with E-state index < -0.39 is 10.1 Å². The molecule has 3 rings (SSSR count). The summed E-state index contributed by atoms with van der Waals surface area (Å²) >= 11 is 3.89. The highest BCUT2D eigenvalue weighted by atomic mass is 127. The topological polar surface area (TPSA) is 57.2 Å². The van der Waals surface area contributed by atoms with Crippen molar-refractivity contribution in [1.82, 2.24) is 0 Å². The van der Waals surface area contributed by atoms with Crippen LogP contribution >= 0.6 is 22.7 Å². The summed E-state index contributed by atoms with van der Waals surface area (Å²) in [5.41, 5.74) is 0.928. The highest BCUT2D eigenvalue weighted by Gasteiger charge is 2.16. The van der Waals surface area contributed by atoms with Crippen molar-refractivity contribution in [2.24, 2.45) is 0 Å². The SMILES string of the molecule is Cc1ccc(S(=O)(=O)[O-])cc1.c1csc([I+]c2cccs2)c1. The molecule has 3 aromatic rings. The molecule has 0 aliphatic carbocycles. The molecule has 22 heavy (non-hydrogen) atoms. The van der Waals surface area contributed by atoms with Crippen molar-refractivity contribution < 1.29 is 34.2 Å². The van der Waals surface area contributed by atoms with E-state index in [1.807, 2.05) is 29.6 Å². The molecule has 0 aliphatic rings. The zero-order valence-electron chi connectivity index (χ0n) is 11.6. The van der Waals surface area contributed by atoms with Crippen molar-refractivity contribution in [2.45, 2.75) is 11.8 Å². The maximum Gasteiger partial charge on any atom is 0.381 e. The van der Waals surface area contributed by atoms with Crippen LogP contribution in [0.5, 0.6) is 0 Å². The third-order valence-corrected chi connectivity index (χ3v) is 8.97. The van der Waals surface area contributed by atoms with Gasteiger partial charge in [-0.2, -0.15) is 0 Å². The molecule has 2 heterocycles. The molecule has 0 amide bonds. The van der Waals surface area contributed by atoms with Gasteiger partial charge in [-0.3, -0.25) is 0 Å². The molecule has 0 unspecified atom stereocenters. The average molecular weight is 464 g/mol. The van der Waals surface area contributed by atoms with Crippen molar-refractivity contribution >= 4 is 32.8 Å². The van der Waals surface area contributed by atoms with Crippen LogP contribution in [0.2, 0.25) is 0 Å². The molecular formula is C15H13IO3S3. The molecule has 0 spiro atoms. The molecule has 0 radical (unpaired) electrons. The Morgan fingerprint density at radius 2 is 1.41 bits per heavy atom. The first-order chi connectivity index (χ1) is 10.4. The molecule has 0 saturated heterocycles. The van der Waals surface area contributed by atoms with Crippen LogP contribution < -0.4 is 21.2 Å². The van der Waals surface area contributed by atoms with Gasteiger partial charge in [0.05, 0.1) is 4.90 Å². The average Bonchev–Trinajstić information content (AvgIpc) is 3.13. The van der Waals surface area contributed by atoms with E-state index in [2.05, 4.69) is 35.0 Å². The lowest BCUT2D eigenvalue weighted by Crippen LogP contribution is -3.61. The summed E-state index contributed by atoms with van der Waals surface area (Å²) < 4.78 is 34.3. The normalized spacial score (nSPS) is 10.8. The quantitative estimate of drug-likeness (QED) is 0.427. The number of thiophene rings is 2. The van der Waals surface area contributed by atoms with Gasteiger partial charge in [-0.15, -0.1) is 0 Å². The number of halogens is 1. The van der Waals surface area contributed by atoms with Gasteiger partial charge in [0.25, 0.3) is 0 Å². The molecule has 3 nitrogen and oxygen atoms in total. The number of hydrogen-bond donors (Lipinski definition) is 0. The monoisotopic (exact) mass is 464 g/mol. The van der Waals surface area contributed by atoms with Gasteiger partial charge in [0.15, 0.2) is 0 Å². The Kier molecular flexibility index (Phi) is 6.57. The largest absolute Gasteiger partial charge is 0.744 e. The predicted molar refractivity (Wildman–Crippen MR) is 85.2 cm³/mol. The van der Waals surface area contributed by atoms with Gasteiger partial charge in [0.2, 0.25) is 5.77 Å². The highest BCUT2D eigenvalue weighted by Crippen LogP contribution is 2.08. The number of benzene rings is 1. The first-order valence-corrected chi connectivity index (χ1v) is 11.5. The first-order valence-electron chi connectivity index (χ1n) is 6.19. The summed E-state index contributed by atoms with van der Waals surface area (Å²) in [5, 5.41) is 4.31. The van der Waals surface area contributed by atoms with Gasteiger partial charge in [-0.1, -0.05) is 40.4 Å². The fourth-order valence-corrected chi connectivity index (χ4v) is 7.25. The van der Waals surface area contributed by atoms with Gasteiger partial charge in [0, 0.05) is 12.1 Å². The van der Waals surface area contributed by atoms with E-state index in [4.69, 9.17) is 0 Å². The summed E-state index contributed by atoms with van der Waals surface area (Å²) in [7, 11) is -4.27. The Morgan fingerprint density at radius 3 is 1.77 bits per heavy atom. The van der Waals surface area contributed by atoms with Crippen LogP contribution in [0.3, 0.4) is 0 Å². The summed E-state index contributed by atoms with van der Waals surface area (Å²) in [5.74, 6) is 0. The van der Waals surface area contributed by atoms with Gasteiger partial charge in [0.1, 0.15) is 10.1 Å². The fraction of sp³-hybridized carbons (Fsp3) is 0.0667. The van der Waals surface area contributed by atoms with Crippen LogP contribution in [0, 0.1) is 12.7 Å². The van der Waals surface area contributed by atoms with Gasteiger partial charge < -0.3 is 4.55 Å². The molecule has 2 aromatic heterocycles. The molecule has 0 atom stereocenters.